The zero-order valence-electron chi connectivity index (χ0n) is 13.5. The van der Waals surface area contributed by atoms with E-state index in [4.69, 9.17) is 16.3 Å². The zero-order valence-corrected chi connectivity index (χ0v) is 15.1. The normalized spacial score (nSPS) is 11.3. The highest BCUT2D eigenvalue weighted by atomic mass is 35.5. The minimum absolute atomic E-state index is 0.158. The minimum Gasteiger partial charge on any atom is -0.385 e. The molecule has 0 saturated heterocycles. The molecule has 2 N–H and O–H groups in total. The summed E-state index contributed by atoms with van der Waals surface area (Å²) in [7, 11) is -2.02. The molecule has 130 valence electrons. The molecular formula is C16H20ClN3O3S. The Hall–Kier alpha value is -1.83. The van der Waals surface area contributed by atoms with E-state index in [2.05, 4.69) is 15.0 Å². The van der Waals surface area contributed by atoms with E-state index in [9.17, 15) is 8.42 Å². The first-order chi connectivity index (χ1) is 11.4. The molecule has 0 spiro atoms. The fourth-order valence-corrected chi connectivity index (χ4v) is 3.24. The van der Waals surface area contributed by atoms with E-state index >= 15 is 0 Å². The van der Waals surface area contributed by atoms with E-state index in [0.717, 1.165) is 13.0 Å². The van der Waals surface area contributed by atoms with Crippen molar-refractivity contribution in [2.24, 2.45) is 0 Å². The van der Waals surface area contributed by atoms with E-state index in [0.29, 0.717) is 28.7 Å². The van der Waals surface area contributed by atoms with Crippen molar-refractivity contribution in [1.29, 1.82) is 0 Å². The van der Waals surface area contributed by atoms with Crippen molar-refractivity contribution < 1.29 is 13.2 Å². The number of hydrogen-bond acceptors (Lipinski definition) is 5. The molecule has 0 aliphatic heterocycles. The molecule has 0 unspecified atom stereocenters. The summed E-state index contributed by atoms with van der Waals surface area (Å²) in [6.45, 7) is 3.16. The zero-order chi connectivity index (χ0) is 17.6. The first kappa shape index (κ1) is 18.5. The SMILES string of the molecule is COCCCNc1ccc(NS(=O)(=O)c2ccc(Cl)c(C)c2)cn1. The van der Waals surface area contributed by atoms with Crippen LogP contribution in [0.25, 0.3) is 0 Å². The average molecular weight is 370 g/mol. The van der Waals surface area contributed by atoms with Crippen LogP contribution in [-0.2, 0) is 14.8 Å². The molecule has 8 heteroatoms. The summed E-state index contributed by atoms with van der Waals surface area (Å²) < 4.78 is 32.2. The molecule has 2 aromatic rings. The summed E-state index contributed by atoms with van der Waals surface area (Å²) in [5, 5.41) is 3.66. The first-order valence-electron chi connectivity index (χ1n) is 7.40. The summed E-state index contributed by atoms with van der Waals surface area (Å²) in [6, 6.07) is 7.95. The fourth-order valence-electron chi connectivity index (χ4n) is 1.99. The largest absolute Gasteiger partial charge is 0.385 e. The van der Waals surface area contributed by atoms with Crippen LogP contribution < -0.4 is 10.0 Å². The number of anilines is 2. The maximum absolute atomic E-state index is 12.4. The van der Waals surface area contributed by atoms with Gasteiger partial charge in [-0.15, -0.1) is 0 Å². The van der Waals surface area contributed by atoms with Gasteiger partial charge >= 0.3 is 0 Å². The van der Waals surface area contributed by atoms with Crippen molar-refractivity contribution in [3.8, 4) is 0 Å². The van der Waals surface area contributed by atoms with Gasteiger partial charge in [0.15, 0.2) is 0 Å². The van der Waals surface area contributed by atoms with Crippen LogP contribution in [0, 0.1) is 6.92 Å². The number of methoxy groups -OCH3 is 1. The Kier molecular flexibility index (Phi) is 6.42. The summed E-state index contributed by atoms with van der Waals surface area (Å²) in [6.07, 6.45) is 2.33. The number of rotatable bonds is 8. The predicted molar refractivity (Wildman–Crippen MR) is 96.2 cm³/mol. The molecule has 24 heavy (non-hydrogen) atoms. The lowest BCUT2D eigenvalue weighted by atomic mass is 10.2. The second-order valence-corrected chi connectivity index (χ2v) is 7.31. The summed E-state index contributed by atoms with van der Waals surface area (Å²) in [4.78, 5) is 4.34. The lowest BCUT2D eigenvalue weighted by molar-refractivity contribution is 0.198. The second kappa shape index (κ2) is 8.32. The van der Waals surface area contributed by atoms with Gasteiger partial charge in [-0.25, -0.2) is 13.4 Å². The standard InChI is InChI=1S/C16H20ClN3O3S/c1-12-10-14(5-6-15(12)17)24(21,22)20-13-4-7-16(19-11-13)18-8-3-9-23-2/h4-7,10-11,20H,3,8-9H2,1-2H3,(H,18,19). The number of halogens is 1. The van der Waals surface area contributed by atoms with Gasteiger partial charge in [-0.1, -0.05) is 11.6 Å². The number of nitrogens with one attached hydrogen (secondary N) is 2. The summed E-state index contributed by atoms with van der Waals surface area (Å²) >= 11 is 5.93. The van der Waals surface area contributed by atoms with E-state index in [1.54, 1.807) is 32.2 Å². The first-order valence-corrected chi connectivity index (χ1v) is 9.26. The molecule has 0 amide bonds. The number of ether oxygens (including phenoxy) is 1. The van der Waals surface area contributed by atoms with Crippen LogP contribution in [0.1, 0.15) is 12.0 Å². The third-order valence-corrected chi connectivity index (χ3v) is 5.09. The van der Waals surface area contributed by atoms with E-state index in [-0.39, 0.29) is 4.90 Å². The molecule has 0 atom stereocenters. The Morgan fingerprint density at radius 2 is 2.04 bits per heavy atom. The number of pyridine rings is 1. The van der Waals surface area contributed by atoms with E-state index < -0.39 is 10.0 Å². The predicted octanol–water partition coefficient (Wildman–Crippen LogP) is 3.29. The van der Waals surface area contributed by atoms with Crippen molar-refractivity contribution in [3.63, 3.8) is 0 Å². The Morgan fingerprint density at radius 1 is 1.25 bits per heavy atom. The number of aryl methyl sites for hydroxylation is 1. The molecule has 0 fully saturated rings. The quantitative estimate of drug-likeness (QED) is 0.698. The van der Waals surface area contributed by atoms with Crippen LogP contribution in [-0.4, -0.2) is 33.7 Å². The van der Waals surface area contributed by atoms with Gasteiger partial charge in [-0.2, -0.15) is 0 Å². The highest BCUT2D eigenvalue weighted by Gasteiger charge is 2.15. The Bertz CT molecular complexity index is 780. The maximum atomic E-state index is 12.4. The Labute approximate surface area is 147 Å². The molecule has 0 radical (unpaired) electrons. The van der Waals surface area contributed by atoms with E-state index in [1.807, 2.05) is 0 Å². The van der Waals surface area contributed by atoms with Crippen molar-refractivity contribution in [2.75, 3.05) is 30.3 Å². The van der Waals surface area contributed by atoms with Crippen LogP contribution >= 0.6 is 11.6 Å². The fraction of sp³-hybridized carbons (Fsp3) is 0.312. The third kappa shape index (κ3) is 5.09. The number of nitrogens with zero attached hydrogens (tertiary/aromatic N) is 1. The minimum atomic E-state index is -3.68. The van der Waals surface area contributed by atoms with E-state index in [1.165, 1.54) is 18.3 Å². The average Bonchev–Trinajstić information content (AvgIpc) is 2.55. The van der Waals surface area contributed by atoms with Crippen molar-refractivity contribution in [2.45, 2.75) is 18.2 Å². The number of sulfonamides is 1. The molecule has 0 bridgehead atoms. The molecule has 1 aromatic carbocycles. The van der Waals surface area contributed by atoms with Gasteiger partial charge in [-0.3, -0.25) is 4.72 Å². The van der Waals surface area contributed by atoms with Crippen LogP contribution in [0.2, 0.25) is 5.02 Å². The van der Waals surface area contributed by atoms with Gasteiger partial charge < -0.3 is 10.1 Å². The van der Waals surface area contributed by atoms with Crippen LogP contribution in [0.15, 0.2) is 41.4 Å². The molecule has 0 aliphatic rings. The molecule has 0 aliphatic carbocycles. The van der Waals surface area contributed by atoms with Gasteiger partial charge in [0.25, 0.3) is 10.0 Å². The summed E-state index contributed by atoms with van der Waals surface area (Å²) in [5.74, 6) is 0.677. The molecule has 1 heterocycles. The van der Waals surface area contributed by atoms with Gasteiger partial charge in [0.1, 0.15) is 5.82 Å². The molecular weight excluding hydrogens is 350 g/mol. The maximum Gasteiger partial charge on any atom is 0.261 e. The smallest absolute Gasteiger partial charge is 0.261 e. The Morgan fingerprint density at radius 3 is 2.67 bits per heavy atom. The third-order valence-electron chi connectivity index (χ3n) is 3.29. The van der Waals surface area contributed by atoms with Crippen LogP contribution in [0.5, 0.6) is 0 Å². The highest BCUT2D eigenvalue weighted by Crippen LogP contribution is 2.21. The Balaban J connectivity index is 2.03. The van der Waals surface area contributed by atoms with Gasteiger partial charge in [-0.05, 0) is 49.2 Å². The van der Waals surface area contributed by atoms with Crippen molar-refractivity contribution in [3.05, 3.63) is 47.1 Å². The van der Waals surface area contributed by atoms with Crippen molar-refractivity contribution in [1.82, 2.24) is 4.98 Å². The summed E-state index contributed by atoms with van der Waals surface area (Å²) in [5.41, 5.74) is 1.10. The van der Waals surface area contributed by atoms with Crippen molar-refractivity contribution >= 4 is 33.1 Å². The monoisotopic (exact) mass is 369 g/mol. The van der Waals surface area contributed by atoms with Gasteiger partial charge in [0, 0.05) is 25.3 Å². The van der Waals surface area contributed by atoms with Crippen LogP contribution in [0.4, 0.5) is 11.5 Å². The number of hydrogen-bond donors (Lipinski definition) is 2. The lowest BCUT2D eigenvalue weighted by Crippen LogP contribution is -2.13. The molecule has 1 aromatic heterocycles. The lowest BCUT2D eigenvalue weighted by Gasteiger charge is -2.10. The number of benzene rings is 1. The molecule has 6 nitrogen and oxygen atoms in total. The number of aromatic nitrogens is 1. The van der Waals surface area contributed by atoms with Crippen LogP contribution in [0.3, 0.4) is 0 Å². The molecule has 2 rings (SSSR count). The second-order valence-electron chi connectivity index (χ2n) is 5.22. The van der Waals surface area contributed by atoms with Gasteiger partial charge in [0.05, 0.1) is 16.8 Å². The molecule has 0 saturated carbocycles. The highest BCUT2D eigenvalue weighted by molar-refractivity contribution is 7.92. The topological polar surface area (TPSA) is 80.3 Å². The van der Waals surface area contributed by atoms with Gasteiger partial charge in [0.2, 0.25) is 0 Å².